The predicted octanol–water partition coefficient (Wildman–Crippen LogP) is 1.78. The van der Waals surface area contributed by atoms with Crippen LogP contribution in [0.2, 0.25) is 0 Å². The van der Waals surface area contributed by atoms with Crippen LogP contribution < -0.4 is 5.32 Å². The first-order valence-electron chi connectivity index (χ1n) is 6.13. The lowest BCUT2D eigenvalue weighted by Crippen LogP contribution is -2.46. The van der Waals surface area contributed by atoms with Crippen molar-refractivity contribution >= 4 is 0 Å². The Labute approximate surface area is 97.2 Å². The average Bonchev–Trinajstić information content (AvgIpc) is 2.27. The zero-order valence-electron chi connectivity index (χ0n) is 9.86. The average molecular weight is 220 g/mol. The van der Waals surface area contributed by atoms with E-state index >= 15 is 0 Å². The molecule has 1 fully saturated rings. The van der Waals surface area contributed by atoms with E-state index in [1.807, 2.05) is 18.3 Å². The lowest BCUT2D eigenvalue weighted by Gasteiger charge is -2.35. The Bertz CT molecular complexity index is 296. The van der Waals surface area contributed by atoms with Gasteiger partial charge in [0.15, 0.2) is 0 Å². The van der Waals surface area contributed by atoms with Gasteiger partial charge in [-0.3, -0.25) is 4.98 Å². The van der Waals surface area contributed by atoms with Gasteiger partial charge in [0.05, 0.1) is 6.10 Å². The minimum absolute atomic E-state index is 0.498. The molecule has 0 unspecified atom stereocenters. The van der Waals surface area contributed by atoms with Crippen LogP contribution in [0, 0.1) is 0 Å². The first-order valence-corrected chi connectivity index (χ1v) is 6.13. The summed E-state index contributed by atoms with van der Waals surface area (Å²) in [6.07, 6.45) is 5.68. The number of nitrogens with one attached hydrogen (secondary N) is 1. The van der Waals surface area contributed by atoms with E-state index in [2.05, 4.69) is 23.3 Å². The van der Waals surface area contributed by atoms with Crippen LogP contribution >= 0.6 is 0 Å². The van der Waals surface area contributed by atoms with Crippen LogP contribution in [0.15, 0.2) is 24.4 Å². The first-order chi connectivity index (χ1) is 7.88. The third-order valence-electron chi connectivity index (χ3n) is 3.04. The molecule has 0 aliphatic heterocycles. The van der Waals surface area contributed by atoms with Gasteiger partial charge in [-0.05, 0) is 31.9 Å². The molecule has 0 aromatic carbocycles. The van der Waals surface area contributed by atoms with Crippen molar-refractivity contribution in [3.63, 3.8) is 0 Å². The Kier molecular flexibility index (Phi) is 4.31. The molecule has 1 aromatic rings. The molecule has 2 rings (SSSR count). The number of hydrogen-bond donors (Lipinski definition) is 1. The molecule has 0 saturated heterocycles. The minimum Gasteiger partial charge on any atom is -0.378 e. The molecule has 3 nitrogen and oxygen atoms in total. The Hall–Kier alpha value is -0.930. The Morgan fingerprint density at radius 3 is 3.00 bits per heavy atom. The summed E-state index contributed by atoms with van der Waals surface area (Å²) in [5.74, 6) is 0. The summed E-state index contributed by atoms with van der Waals surface area (Å²) < 4.78 is 5.52. The molecule has 0 radical (unpaired) electrons. The maximum atomic E-state index is 5.52. The van der Waals surface area contributed by atoms with Gasteiger partial charge in [-0.2, -0.15) is 0 Å². The van der Waals surface area contributed by atoms with Crippen LogP contribution in [0.4, 0.5) is 0 Å². The summed E-state index contributed by atoms with van der Waals surface area (Å²) in [6, 6.07) is 6.72. The van der Waals surface area contributed by atoms with Crippen molar-refractivity contribution in [1.82, 2.24) is 10.3 Å². The molecule has 1 heterocycles. The van der Waals surface area contributed by atoms with Crippen LogP contribution in [0.1, 0.15) is 25.5 Å². The summed E-state index contributed by atoms with van der Waals surface area (Å²) in [6.45, 7) is 3.91. The van der Waals surface area contributed by atoms with Crippen LogP contribution in [0.25, 0.3) is 0 Å². The monoisotopic (exact) mass is 220 g/mol. The highest BCUT2D eigenvalue weighted by Crippen LogP contribution is 2.22. The quantitative estimate of drug-likeness (QED) is 0.793. The van der Waals surface area contributed by atoms with E-state index < -0.39 is 0 Å². The van der Waals surface area contributed by atoms with Crippen LogP contribution in [-0.4, -0.2) is 30.3 Å². The topological polar surface area (TPSA) is 34.1 Å². The summed E-state index contributed by atoms with van der Waals surface area (Å²) in [7, 11) is 0. The van der Waals surface area contributed by atoms with Gasteiger partial charge in [0.2, 0.25) is 0 Å². The fraction of sp³-hybridized carbons (Fsp3) is 0.615. The zero-order chi connectivity index (χ0) is 11.2. The number of pyridine rings is 1. The number of rotatable bonds is 6. The van der Waals surface area contributed by atoms with Crippen LogP contribution in [0.3, 0.4) is 0 Å². The van der Waals surface area contributed by atoms with E-state index in [1.165, 1.54) is 0 Å². The highest BCUT2D eigenvalue weighted by atomic mass is 16.5. The highest BCUT2D eigenvalue weighted by molar-refractivity contribution is 5.03. The van der Waals surface area contributed by atoms with E-state index in [-0.39, 0.29) is 0 Å². The summed E-state index contributed by atoms with van der Waals surface area (Å²) >= 11 is 0. The number of aromatic nitrogens is 1. The summed E-state index contributed by atoms with van der Waals surface area (Å²) in [5, 5.41) is 3.54. The molecule has 1 saturated carbocycles. The molecule has 16 heavy (non-hydrogen) atoms. The lowest BCUT2D eigenvalue weighted by atomic mass is 9.89. The second-order valence-corrected chi connectivity index (χ2v) is 4.27. The van der Waals surface area contributed by atoms with E-state index in [4.69, 9.17) is 4.74 Å². The predicted molar refractivity (Wildman–Crippen MR) is 64.4 cm³/mol. The van der Waals surface area contributed by atoms with E-state index in [0.717, 1.165) is 38.1 Å². The highest BCUT2D eigenvalue weighted by Gasteiger charge is 2.28. The van der Waals surface area contributed by atoms with E-state index in [0.29, 0.717) is 12.1 Å². The maximum absolute atomic E-state index is 5.52. The van der Waals surface area contributed by atoms with Gasteiger partial charge in [0.25, 0.3) is 0 Å². The largest absolute Gasteiger partial charge is 0.378 e. The summed E-state index contributed by atoms with van der Waals surface area (Å²) in [5.41, 5.74) is 1.16. The Morgan fingerprint density at radius 2 is 2.31 bits per heavy atom. The van der Waals surface area contributed by atoms with Crippen molar-refractivity contribution in [2.45, 2.75) is 38.3 Å². The van der Waals surface area contributed by atoms with Gasteiger partial charge in [-0.25, -0.2) is 0 Å². The smallest absolute Gasteiger partial charge is 0.0604 e. The SMILES string of the molecule is CCOC1CC(NCCc2ccccn2)C1. The lowest BCUT2D eigenvalue weighted by molar-refractivity contribution is -0.00961. The van der Waals surface area contributed by atoms with Crippen molar-refractivity contribution in [3.8, 4) is 0 Å². The normalized spacial score (nSPS) is 24.1. The molecule has 1 aliphatic carbocycles. The molecular formula is C13H20N2O. The van der Waals surface area contributed by atoms with Gasteiger partial charge in [-0.1, -0.05) is 6.07 Å². The molecule has 0 spiro atoms. The zero-order valence-corrected chi connectivity index (χ0v) is 9.86. The molecule has 0 atom stereocenters. The number of nitrogens with zero attached hydrogens (tertiary/aromatic N) is 1. The number of ether oxygens (including phenoxy) is 1. The van der Waals surface area contributed by atoms with Crippen molar-refractivity contribution in [2.24, 2.45) is 0 Å². The van der Waals surface area contributed by atoms with Crippen LogP contribution in [0.5, 0.6) is 0 Å². The minimum atomic E-state index is 0.498. The molecule has 88 valence electrons. The third-order valence-corrected chi connectivity index (χ3v) is 3.04. The Morgan fingerprint density at radius 1 is 1.44 bits per heavy atom. The maximum Gasteiger partial charge on any atom is 0.0604 e. The molecule has 1 aromatic heterocycles. The Balaban J connectivity index is 1.57. The second-order valence-electron chi connectivity index (χ2n) is 4.27. The van der Waals surface area contributed by atoms with E-state index in [9.17, 15) is 0 Å². The fourth-order valence-corrected chi connectivity index (χ4v) is 2.05. The number of hydrogen-bond acceptors (Lipinski definition) is 3. The first kappa shape index (κ1) is 11.6. The van der Waals surface area contributed by atoms with Gasteiger partial charge in [0, 0.05) is 37.5 Å². The van der Waals surface area contributed by atoms with Crippen molar-refractivity contribution in [3.05, 3.63) is 30.1 Å². The van der Waals surface area contributed by atoms with Crippen molar-refractivity contribution in [1.29, 1.82) is 0 Å². The second kappa shape index (κ2) is 5.97. The van der Waals surface area contributed by atoms with Gasteiger partial charge in [0.1, 0.15) is 0 Å². The molecular weight excluding hydrogens is 200 g/mol. The van der Waals surface area contributed by atoms with Crippen molar-refractivity contribution < 1.29 is 4.74 Å². The van der Waals surface area contributed by atoms with Crippen molar-refractivity contribution in [2.75, 3.05) is 13.2 Å². The molecule has 1 N–H and O–H groups in total. The molecule has 1 aliphatic rings. The van der Waals surface area contributed by atoms with Gasteiger partial charge < -0.3 is 10.1 Å². The van der Waals surface area contributed by atoms with Crippen LogP contribution in [-0.2, 0) is 11.2 Å². The molecule has 0 bridgehead atoms. The summed E-state index contributed by atoms with van der Waals surface area (Å²) in [4.78, 5) is 4.30. The third kappa shape index (κ3) is 3.29. The fourth-order valence-electron chi connectivity index (χ4n) is 2.05. The van der Waals surface area contributed by atoms with E-state index in [1.54, 1.807) is 0 Å². The molecule has 0 amide bonds. The molecule has 3 heteroatoms. The van der Waals surface area contributed by atoms with Gasteiger partial charge >= 0.3 is 0 Å². The standard InChI is InChI=1S/C13H20N2O/c1-2-16-13-9-12(10-13)15-8-6-11-5-3-4-7-14-11/h3-5,7,12-13,15H,2,6,8-10H2,1H3. The van der Waals surface area contributed by atoms with Gasteiger partial charge in [-0.15, -0.1) is 0 Å².